The molecule has 1 aliphatic rings. The molecule has 1 aromatic carbocycles. The van der Waals surface area contributed by atoms with Gasteiger partial charge in [-0.15, -0.1) is 0 Å². The number of nitrogens with one attached hydrogen (secondary N) is 1. The van der Waals surface area contributed by atoms with E-state index in [0.29, 0.717) is 0 Å². The highest BCUT2D eigenvalue weighted by molar-refractivity contribution is 5.45. The van der Waals surface area contributed by atoms with E-state index in [1.807, 2.05) is 20.0 Å². The molecule has 0 spiro atoms. The third-order valence-electron chi connectivity index (χ3n) is 3.18. The van der Waals surface area contributed by atoms with Crippen molar-refractivity contribution in [2.24, 2.45) is 0 Å². The lowest BCUT2D eigenvalue weighted by molar-refractivity contribution is -0.385. The van der Waals surface area contributed by atoms with Crippen molar-refractivity contribution in [3.05, 3.63) is 39.4 Å². The van der Waals surface area contributed by atoms with Crippen LogP contribution in [0.4, 0.5) is 5.69 Å². The molecule has 1 saturated carbocycles. The van der Waals surface area contributed by atoms with Gasteiger partial charge in [-0.05, 0) is 37.9 Å². The van der Waals surface area contributed by atoms with Crippen LogP contribution in [0, 0.1) is 17.0 Å². The van der Waals surface area contributed by atoms with Crippen LogP contribution in [0.15, 0.2) is 18.2 Å². The number of benzene rings is 1. The normalized spacial score (nSPS) is 17.5. The van der Waals surface area contributed by atoms with E-state index in [4.69, 9.17) is 0 Å². The summed E-state index contributed by atoms with van der Waals surface area (Å²) < 4.78 is 0. The zero-order chi connectivity index (χ0) is 11.1. The minimum absolute atomic E-state index is 0.00387. The maximum Gasteiger partial charge on any atom is 0.269 e. The van der Waals surface area contributed by atoms with Gasteiger partial charge in [-0.25, -0.2) is 0 Å². The predicted octanol–water partition coefficient (Wildman–Crippen LogP) is 2.11. The molecule has 0 radical (unpaired) electrons. The first-order valence-corrected chi connectivity index (χ1v) is 5.03. The number of aryl methyl sites for hydroxylation is 1. The topological polar surface area (TPSA) is 55.2 Å². The Kier molecular flexibility index (Phi) is 2.23. The molecular formula is C11H14N2O2. The minimum atomic E-state index is -0.339. The second-order valence-corrected chi connectivity index (χ2v) is 4.09. The average molecular weight is 206 g/mol. The summed E-state index contributed by atoms with van der Waals surface area (Å²) in [5.41, 5.74) is 2.36. The van der Waals surface area contributed by atoms with Gasteiger partial charge in [0.05, 0.1) is 4.92 Å². The van der Waals surface area contributed by atoms with Crippen LogP contribution in [-0.4, -0.2) is 12.0 Å². The van der Waals surface area contributed by atoms with Gasteiger partial charge in [0.2, 0.25) is 0 Å². The third kappa shape index (κ3) is 1.61. The van der Waals surface area contributed by atoms with E-state index in [0.717, 1.165) is 24.0 Å². The molecule has 4 heteroatoms. The van der Waals surface area contributed by atoms with Gasteiger partial charge < -0.3 is 5.32 Å². The van der Waals surface area contributed by atoms with Crippen LogP contribution in [0.3, 0.4) is 0 Å². The fraction of sp³-hybridized carbons (Fsp3) is 0.455. The van der Waals surface area contributed by atoms with Crippen molar-refractivity contribution in [3.63, 3.8) is 0 Å². The van der Waals surface area contributed by atoms with Gasteiger partial charge in [-0.2, -0.15) is 0 Å². The molecule has 15 heavy (non-hydrogen) atoms. The molecule has 0 heterocycles. The fourth-order valence-corrected chi connectivity index (χ4v) is 2.02. The molecule has 1 aromatic rings. The van der Waals surface area contributed by atoms with Gasteiger partial charge >= 0.3 is 0 Å². The van der Waals surface area contributed by atoms with E-state index in [9.17, 15) is 10.1 Å². The molecule has 0 unspecified atom stereocenters. The van der Waals surface area contributed by atoms with Crippen molar-refractivity contribution < 1.29 is 4.92 Å². The van der Waals surface area contributed by atoms with Crippen molar-refractivity contribution in [1.29, 1.82) is 0 Å². The van der Waals surface area contributed by atoms with Gasteiger partial charge in [0.1, 0.15) is 0 Å². The standard InChI is InChI=1S/C11H14N2O2/c1-8-3-4-9(13(14)15)7-10(8)11(12-2)5-6-11/h3-4,7,12H,5-6H2,1-2H3. The number of nitro groups is 1. The maximum absolute atomic E-state index is 10.7. The van der Waals surface area contributed by atoms with Crippen LogP contribution >= 0.6 is 0 Å². The third-order valence-corrected chi connectivity index (χ3v) is 3.18. The molecule has 0 atom stereocenters. The Balaban J connectivity index is 2.46. The predicted molar refractivity (Wildman–Crippen MR) is 57.8 cm³/mol. The highest BCUT2D eigenvalue weighted by Gasteiger charge is 2.44. The molecule has 1 fully saturated rings. The average Bonchev–Trinajstić information content (AvgIpc) is 2.99. The largest absolute Gasteiger partial charge is 0.310 e. The monoisotopic (exact) mass is 206 g/mol. The summed E-state index contributed by atoms with van der Waals surface area (Å²) in [5, 5.41) is 13.9. The zero-order valence-electron chi connectivity index (χ0n) is 8.91. The molecular weight excluding hydrogens is 192 g/mol. The number of rotatable bonds is 3. The molecule has 1 N–H and O–H groups in total. The van der Waals surface area contributed by atoms with Crippen molar-refractivity contribution in [2.45, 2.75) is 25.3 Å². The summed E-state index contributed by atoms with van der Waals surface area (Å²) in [4.78, 5) is 10.3. The van der Waals surface area contributed by atoms with E-state index in [1.165, 1.54) is 0 Å². The Morgan fingerprint density at radius 3 is 2.60 bits per heavy atom. The lowest BCUT2D eigenvalue weighted by Crippen LogP contribution is -2.25. The van der Waals surface area contributed by atoms with Crippen LogP contribution in [0.25, 0.3) is 0 Å². The van der Waals surface area contributed by atoms with Crippen LogP contribution in [0.2, 0.25) is 0 Å². The molecule has 0 aromatic heterocycles. The number of nitro benzene ring substituents is 1. The van der Waals surface area contributed by atoms with E-state index in [1.54, 1.807) is 12.1 Å². The van der Waals surface area contributed by atoms with E-state index in [2.05, 4.69) is 5.32 Å². The minimum Gasteiger partial charge on any atom is -0.310 e. The quantitative estimate of drug-likeness (QED) is 0.608. The van der Waals surface area contributed by atoms with Crippen molar-refractivity contribution in [1.82, 2.24) is 5.32 Å². The summed E-state index contributed by atoms with van der Waals surface area (Å²) in [7, 11) is 1.91. The van der Waals surface area contributed by atoms with Gasteiger partial charge in [0.25, 0.3) is 5.69 Å². The smallest absolute Gasteiger partial charge is 0.269 e. The Morgan fingerprint density at radius 1 is 1.47 bits per heavy atom. The molecule has 1 aliphatic carbocycles. The number of nitrogens with zero attached hydrogens (tertiary/aromatic N) is 1. The summed E-state index contributed by atoms with van der Waals surface area (Å²) in [6, 6.07) is 5.08. The van der Waals surface area contributed by atoms with Crippen LogP contribution in [-0.2, 0) is 5.54 Å². The highest BCUT2D eigenvalue weighted by atomic mass is 16.6. The maximum atomic E-state index is 10.7. The molecule has 0 bridgehead atoms. The molecule has 4 nitrogen and oxygen atoms in total. The lowest BCUT2D eigenvalue weighted by atomic mass is 9.98. The highest BCUT2D eigenvalue weighted by Crippen LogP contribution is 2.47. The summed E-state index contributed by atoms with van der Waals surface area (Å²) in [5.74, 6) is 0. The molecule has 80 valence electrons. The van der Waals surface area contributed by atoms with Crippen LogP contribution < -0.4 is 5.32 Å². The van der Waals surface area contributed by atoms with Crippen LogP contribution in [0.1, 0.15) is 24.0 Å². The first kappa shape index (κ1) is 10.1. The molecule has 0 amide bonds. The van der Waals surface area contributed by atoms with Crippen LogP contribution in [0.5, 0.6) is 0 Å². The Morgan fingerprint density at radius 2 is 2.13 bits per heavy atom. The molecule has 0 saturated heterocycles. The number of hydrogen-bond donors (Lipinski definition) is 1. The number of hydrogen-bond acceptors (Lipinski definition) is 3. The molecule has 0 aliphatic heterocycles. The lowest BCUT2D eigenvalue weighted by Gasteiger charge is -2.16. The first-order chi connectivity index (χ1) is 7.09. The Bertz CT molecular complexity index is 411. The summed E-state index contributed by atoms with van der Waals surface area (Å²) in [6.45, 7) is 2.00. The van der Waals surface area contributed by atoms with Gasteiger partial charge in [0, 0.05) is 17.7 Å². The Labute approximate surface area is 88.5 Å². The second kappa shape index (κ2) is 3.31. The van der Waals surface area contributed by atoms with Gasteiger partial charge in [0.15, 0.2) is 0 Å². The Hall–Kier alpha value is -1.42. The van der Waals surface area contributed by atoms with E-state index < -0.39 is 0 Å². The van der Waals surface area contributed by atoms with Gasteiger partial charge in [-0.3, -0.25) is 10.1 Å². The number of non-ortho nitro benzene ring substituents is 1. The molecule has 2 rings (SSSR count). The summed E-state index contributed by atoms with van der Waals surface area (Å²) in [6.07, 6.45) is 2.12. The van der Waals surface area contributed by atoms with Gasteiger partial charge in [-0.1, -0.05) is 6.07 Å². The first-order valence-electron chi connectivity index (χ1n) is 5.03. The fourth-order valence-electron chi connectivity index (χ4n) is 2.02. The van der Waals surface area contributed by atoms with E-state index in [-0.39, 0.29) is 16.1 Å². The zero-order valence-corrected chi connectivity index (χ0v) is 8.91. The summed E-state index contributed by atoms with van der Waals surface area (Å²) >= 11 is 0. The van der Waals surface area contributed by atoms with E-state index >= 15 is 0 Å². The van der Waals surface area contributed by atoms with Crippen molar-refractivity contribution in [2.75, 3.05) is 7.05 Å². The van der Waals surface area contributed by atoms with Crippen molar-refractivity contribution in [3.8, 4) is 0 Å². The second-order valence-electron chi connectivity index (χ2n) is 4.09. The SMILES string of the molecule is CNC1(c2cc([N+](=O)[O-])ccc2C)CC1. The van der Waals surface area contributed by atoms with Crippen molar-refractivity contribution >= 4 is 5.69 Å².